The molecular formula is C44H73NO5. The van der Waals surface area contributed by atoms with Crippen LogP contribution in [0.3, 0.4) is 0 Å². The Hall–Kier alpha value is -2.63. The quantitative estimate of drug-likeness (QED) is 0.0674. The van der Waals surface area contributed by atoms with Gasteiger partial charge in [0.15, 0.2) is 0 Å². The van der Waals surface area contributed by atoms with Crippen LogP contribution in [0, 0.1) is 25.2 Å². The average molecular weight is 696 g/mol. The highest BCUT2D eigenvalue weighted by Gasteiger charge is 2.56. The predicted molar refractivity (Wildman–Crippen MR) is 208 cm³/mol. The number of amides is 1. The van der Waals surface area contributed by atoms with Gasteiger partial charge in [0.05, 0.1) is 0 Å². The number of hydrogen-bond acceptors (Lipinski definition) is 5. The number of nitrogens with zero attached hydrogens (tertiary/aromatic N) is 1. The lowest BCUT2D eigenvalue weighted by atomic mass is 9.67. The number of hydrogen-bond donors (Lipinski definition) is 1. The minimum Gasteiger partial charge on any atom is -0.507 e. The maximum absolute atomic E-state index is 14.8. The lowest BCUT2D eigenvalue weighted by Gasteiger charge is -2.60. The largest absolute Gasteiger partial charge is 0.507 e. The molecule has 2 rings (SSSR count). The van der Waals surface area contributed by atoms with E-state index in [-0.39, 0.29) is 35.2 Å². The van der Waals surface area contributed by atoms with Crippen LogP contribution >= 0.6 is 0 Å². The third kappa shape index (κ3) is 9.62. The molecule has 0 bridgehead atoms. The first-order valence-electron chi connectivity index (χ1n) is 19.8. The van der Waals surface area contributed by atoms with Crippen LogP contribution in [-0.4, -0.2) is 44.8 Å². The fourth-order valence-corrected chi connectivity index (χ4v) is 8.49. The second-order valence-electron chi connectivity index (χ2n) is 17.1. The molecule has 0 radical (unpaired) electrons. The van der Waals surface area contributed by atoms with Gasteiger partial charge in [-0.25, -0.2) is 0 Å². The van der Waals surface area contributed by atoms with Crippen LogP contribution in [0.25, 0.3) is 0 Å². The van der Waals surface area contributed by atoms with Crippen LogP contribution in [0.15, 0.2) is 18.7 Å². The monoisotopic (exact) mass is 696 g/mol. The summed E-state index contributed by atoms with van der Waals surface area (Å²) in [7, 11) is 0. The summed E-state index contributed by atoms with van der Waals surface area (Å²) in [5.74, 6) is -0.719. The third-order valence-corrected chi connectivity index (χ3v) is 12.6. The maximum Gasteiger partial charge on any atom is 0.320 e. The molecule has 1 aromatic carbocycles. The molecule has 1 N–H and O–H groups in total. The molecule has 1 heterocycles. The van der Waals surface area contributed by atoms with E-state index in [9.17, 15) is 19.5 Å². The molecule has 1 aromatic rings. The maximum atomic E-state index is 14.8. The molecule has 5 unspecified atom stereocenters. The molecule has 284 valence electrons. The first-order valence-corrected chi connectivity index (χ1v) is 19.8. The van der Waals surface area contributed by atoms with E-state index in [1.54, 1.807) is 0 Å². The molecule has 0 spiro atoms. The number of phenolic OH excluding ortho intramolecular Hbond substituents is 1. The van der Waals surface area contributed by atoms with E-state index in [2.05, 4.69) is 68.9 Å². The van der Waals surface area contributed by atoms with Crippen molar-refractivity contribution >= 4 is 17.7 Å². The number of phenols is 1. The van der Waals surface area contributed by atoms with Gasteiger partial charge in [-0.15, -0.1) is 0 Å². The summed E-state index contributed by atoms with van der Waals surface area (Å²) in [5, 5.41) is 11.4. The van der Waals surface area contributed by atoms with Crippen LogP contribution in [0.5, 0.6) is 5.75 Å². The van der Waals surface area contributed by atoms with Gasteiger partial charge in [-0.3, -0.25) is 14.4 Å². The zero-order chi connectivity index (χ0) is 38.1. The Bertz CT molecular complexity index is 1330. The minimum absolute atomic E-state index is 0.112. The van der Waals surface area contributed by atoms with Crippen molar-refractivity contribution in [3.05, 3.63) is 41.0 Å². The number of unbranched alkanes of at least 4 members (excludes halogenated alkanes) is 9. The number of aromatic hydroxyl groups is 1. The summed E-state index contributed by atoms with van der Waals surface area (Å²) in [5.41, 5.74) is 0.610. The number of ketones is 1. The van der Waals surface area contributed by atoms with Crippen LogP contribution in [-0.2, 0) is 31.0 Å². The molecule has 0 aliphatic carbocycles. The highest BCUT2D eigenvalue weighted by atomic mass is 16.5. The van der Waals surface area contributed by atoms with Gasteiger partial charge in [-0.2, -0.15) is 0 Å². The van der Waals surface area contributed by atoms with Crippen molar-refractivity contribution in [2.75, 3.05) is 0 Å². The van der Waals surface area contributed by atoms with Gasteiger partial charge >= 0.3 is 5.97 Å². The van der Waals surface area contributed by atoms with Gasteiger partial charge < -0.3 is 14.7 Å². The zero-order valence-electron chi connectivity index (χ0n) is 34.2. The number of aryl methyl sites for hydroxylation is 1. The van der Waals surface area contributed by atoms with Crippen molar-refractivity contribution in [2.24, 2.45) is 11.3 Å². The molecule has 1 amide bonds. The molecule has 50 heavy (non-hydrogen) atoms. The number of piperidine rings is 1. The Labute approximate surface area is 306 Å². The Morgan fingerprint density at radius 1 is 0.960 bits per heavy atom. The van der Waals surface area contributed by atoms with Crippen molar-refractivity contribution in [2.45, 2.75) is 202 Å². The van der Waals surface area contributed by atoms with Crippen LogP contribution in [0.2, 0.25) is 0 Å². The predicted octanol–water partition coefficient (Wildman–Crippen LogP) is 11.0. The van der Waals surface area contributed by atoms with Crippen molar-refractivity contribution in [1.82, 2.24) is 4.90 Å². The second-order valence-corrected chi connectivity index (χ2v) is 17.1. The Balaban J connectivity index is 2.52. The molecule has 5 atom stereocenters. The van der Waals surface area contributed by atoms with Crippen LogP contribution in [0.1, 0.15) is 181 Å². The number of rotatable bonds is 19. The molecule has 6 nitrogen and oxygen atoms in total. The SMILES string of the molecule is C=CC(=O)N1C(C)(CC)CC(OC(=O)C(CCCCCCCCCCCC)(Cc2c(C)cc(C(C)(C)C)c(O)c2C)C(C)=O)C(C)C1(C)CC. The number of carbonyl (C=O) groups is 3. The van der Waals surface area contributed by atoms with Crippen molar-refractivity contribution in [1.29, 1.82) is 0 Å². The van der Waals surface area contributed by atoms with Gasteiger partial charge in [-0.1, -0.05) is 125 Å². The first-order chi connectivity index (χ1) is 23.3. The normalized spacial score (nSPS) is 23.7. The number of likely N-dealkylation sites (tertiary alicyclic amines) is 1. The number of esters is 1. The summed E-state index contributed by atoms with van der Waals surface area (Å²) >= 11 is 0. The number of Topliss-reactive ketones (excluding diaryl/α,β-unsaturated/α-hetero) is 1. The lowest BCUT2D eigenvalue weighted by molar-refractivity contribution is -0.189. The highest BCUT2D eigenvalue weighted by molar-refractivity contribution is 6.03. The fourth-order valence-electron chi connectivity index (χ4n) is 8.49. The smallest absolute Gasteiger partial charge is 0.320 e. The first kappa shape index (κ1) is 43.5. The second kappa shape index (κ2) is 18.2. The molecule has 1 aliphatic rings. The standard InChI is InChI=1S/C44H73NO5/c1-14-18-19-20-21-22-23-24-25-26-27-44(34(8)46,29-35-31(5)28-36(41(9,10)11)39(48)32(35)6)40(49)50-37-30-42(12,16-3)45(38(47)15-2)43(13,17-4)33(37)7/h15,28,33,37,48H,2,14,16-27,29-30H2,1,3-13H3. The third-order valence-electron chi connectivity index (χ3n) is 12.6. The van der Waals surface area contributed by atoms with Gasteiger partial charge in [0.25, 0.3) is 0 Å². The minimum atomic E-state index is -1.38. The molecule has 1 fully saturated rings. The summed E-state index contributed by atoms with van der Waals surface area (Å²) in [6, 6.07) is 2.02. The van der Waals surface area contributed by atoms with E-state index in [1.165, 1.54) is 51.5 Å². The van der Waals surface area contributed by atoms with Crippen LogP contribution in [0.4, 0.5) is 0 Å². The summed E-state index contributed by atoms with van der Waals surface area (Å²) in [4.78, 5) is 44.1. The molecular weight excluding hydrogens is 622 g/mol. The van der Waals surface area contributed by atoms with E-state index in [1.807, 2.05) is 24.8 Å². The molecule has 1 saturated heterocycles. The zero-order valence-corrected chi connectivity index (χ0v) is 34.2. The van der Waals surface area contributed by atoms with Gasteiger partial charge in [-0.05, 0) is 94.0 Å². The van der Waals surface area contributed by atoms with Crippen molar-refractivity contribution in [3.63, 3.8) is 0 Å². The van der Waals surface area contributed by atoms with E-state index >= 15 is 0 Å². The lowest BCUT2D eigenvalue weighted by Crippen LogP contribution is -2.69. The van der Waals surface area contributed by atoms with E-state index in [0.717, 1.165) is 47.9 Å². The Morgan fingerprint density at radius 3 is 1.96 bits per heavy atom. The Kier molecular flexibility index (Phi) is 15.9. The van der Waals surface area contributed by atoms with E-state index in [4.69, 9.17) is 4.74 Å². The van der Waals surface area contributed by atoms with E-state index in [0.29, 0.717) is 25.7 Å². The van der Waals surface area contributed by atoms with Crippen LogP contribution < -0.4 is 0 Å². The summed E-state index contributed by atoms with van der Waals surface area (Å²) in [6.45, 7) is 28.1. The summed E-state index contributed by atoms with van der Waals surface area (Å²) < 4.78 is 6.60. The number of carbonyl (C=O) groups excluding carboxylic acids is 3. The van der Waals surface area contributed by atoms with Gasteiger partial charge in [0.2, 0.25) is 5.91 Å². The van der Waals surface area contributed by atoms with Gasteiger partial charge in [0, 0.05) is 23.4 Å². The van der Waals surface area contributed by atoms with E-state index < -0.39 is 28.6 Å². The van der Waals surface area contributed by atoms with Gasteiger partial charge in [0.1, 0.15) is 23.1 Å². The Morgan fingerprint density at radius 2 is 1.50 bits per heavy atom. The van der Waals surface area contributed by atoms with Crippen molar-refractivity contribution in [3.8, 4) is 5.75 Å². The summed E-state index contributed by atoms with van der Waals surface area (Å²) in [6.07, 6.45) is 14.9. The molecule has 6 heteroatoms. The number of ether oxygens (including phenoxy) is 1. The topological polar surface area (TPSA) is 83.9 Å². The average Bonchev–Trinajstić information content (AvgIpc) is 3.06. The van der Waals surface area contributed by atoms with Crippen molar-refractivity contribution < 1.29 is 24.2 Å². The molecule has 1 aliphatic heterocycles. The highest BCUT2D eigenvalue weighted by Crippen LogP contribution is 2.48. The fraction of sp³-hybridized carbons (Fsp3) is 0.750. The molecule has 0 saturated carbocycles. The molecule has 0 aromatic heterocycles. The number of benzene rings is 1.